The average molecular weight is 353 g/mol. The van der Waals surface area contributed by atoms with Gasteiger partial charge in [0.15, 0.2) is 0 Å². The van der Waals surface area contributed by atoms with Crippen LogP contribution in [0.15, 0.2) is 48.0 Å². The fourth-order valence-corrected chi connectivity index (χ4v) is 3.57. The highest BCUT2D eigenvalue weighted by atomic mass is 32.1. The van der Waals surface area contributed by atoms with Crippen LogP contribution in [0.2, 0.25) is 0 Å². The van der Waals surface area contributed by atoms with Crippen molar-refractivity contribution in [2.45, 2.75) is 38.5 Å². The van der Waals surface area contributed by atoms with Crippen LogP contribution in [0.25, 0.3) is 21.7 Å². The maximum absolute atomic E-state index is 10.7. The van der Waals surface area contributed by atoms with Crippen LogP contribution in [-0.4, -0.2) is 15.9 Å². The maximum Gasteiger partial charge on any atom is 0.217 e. The van der Waals surface area contributed by atoms with Gasteiger partial charge < -0.3 is 10.7 Å². The fraction of sp³-hybridized carbons (Fsp3) is 0.300. The summed E-state index contributed by atoms with van der Waals surface area (Å²) >= 11 is 1.75. The van der Waals surface area contributed by atoms with E-state index in [2.05, 4.69) is 51.7 Å². The lowest BCUT2D eigenvalue weighted by molar-refractivity contribution is -0.118. The van der Waals surface area contributed by atoms with Gasteiger partial charge in [0.05, 0.1) is 11.9 Å². The number of unbranched alkanes of at least 4 members (excludes halogenated alkanes) is 3. The number of H-pyrrole nitrogens is 1. The van der Waals surface area contributed by atoms with E-state index in [9.17, 15) is 4.79 Å². The molecule has 3 aromatic rings. The molecule has 1 aromatic carbocycles. The lowest BCUT2D eigenvalue weighted by Gasteiger charge is -2.01. The topological polar surface area (TPSA) is 71.8 Å². The van der Waals surface area contributed by atoms with Gasteiger partial charge in [-0.05, 0) is 35.4 Å². The van der Waals surface area contributed by atoms with E-state index in [1.165, 1.54) is 10.4 Å². The molecule has 2 heterocycles. The Labute approximate surface area is 152 Å². The summed E-state index contributed by atoms with van der Waals surface area (Å²) in [5, 5.41) is 2.10. The second-order valence-electron chi connectivity index (χ2n) is 6.18. The lowest BCUT2D eigenvalue weighted by Crippen LogP contribution is -2.09. The number of thiophene rings is 1. The molecular weight excluding hydrogens is 330 g/mol. The number of hydrogen-bond acceptors (Lipinski definition) is 3. The lowest BCUT2D eigenvalue weighted by atomic mass is 10.1. The van der Waals surface area contributed by atoms with Crippen LogP contribution in [0.5, 0.6) is 0 Å². The standard InChI is InChI=1S/C20H23N3OS/c21-19(24)7-3-1-2-4-8-20-22-14-17(23-20)15-9-11-16(12-10-15)18-6-5-13-25-18/h5-6,9-14H,1-4,7-8H2,(H2,21,24)(H,22,23). The molecule has 0 saturated heterocycles. The molecule has 3 N–H and O–H groups in total. The minimum Gasteiger partial charge on any atom is -0.370 e. The molecular formula is C20H23N3OS. The number of carbonyl (C=O) groups excluding carboxylic acids is 1. The maximum atomic E-state index is 10.7. The molecule has 0 fully saturated rings. The Morgan fingerprint density at radius 2 is 1.80 bits per heavy atom. The first-order valence-corrected chi connectivity index (χ1v) is 9.57. The summed E-state index contributed by atoms with van der Waals surface area (Å²) in [5.74, 6) is 0.813. The second-order valence-corrected chi connectivity index (χ2v) is 7.13. The van der Waals surface area contributed by atoms with Crippen molar-refractivity contribution < 1.29 is 4.79 Å². The summed E-state index contributed by atoms with van der Waals surface area (Å²) in [7, 11) is 0. The van der Waals surface area contributed by atoms with Crippen LogP contribution in [-0.2, 0) is 11.2 Å². The minimum atomic E-state index is -0.208. The van der Waals surface area contributed by atoms with Crippen LogP contribution in [0.4, 0.5) is 0 Å². The Morgan fingerprint density at radius 1 is 1.04 bits per heavy atom. The molecule has 25 heavy (non-hydrogen) atoms. The van der Waals surface area contributed by atoms with Crippen molar-refractivity contribution in [3.05, 3.63) is 53.8 Å². The largest absolute Gasteiger partial charge is 0.370 e. The summed E-state index contributed by atoms with van der Waals surface area (Å²) in [5.41, 5.74) is 8.59. The zero-order chi connectivity index (χ0) is 17.5. The van der Waals surface area contributed by atoms with Crippen molar-refractivity contribution in [2.24, 2.45) is 5.73 Å². The molecule has 3 rings (SSSR count). The third-order valence-corrected chi connectivity index (χ3v) is 5.14. The van der Waals surface area contributed by atoms with Crippen molar-refractivity contribution in [1.29, 1.82) is 0 Å². The summed E-state index contributed by atoms with van der Waals surface area (Å²) in [6, 6.07) is 12.8. The number of imidazole rings is 1. The summed E-state index contributed by atoms with van der Waals surface area (Å²) in [6.45, 7) is 0. The normalized spacial score (nSPS) is 10.9. The number of amides is 1. The van der Waals surface area contributed by atoms with Crippen LogP contribution in [0, 0.1) is 0 Å². The van der Waals surface area contributed by atoms with Gasteiger partial charge in [0.25, 0.3) is 0 Å². The number of carbonyl (C=O) groups is 1. The molecule has 0 aliphatic carbocycles. The number of aryl methyl sites for hydroxylation is 1. The number of benzene rings is 1. The van der Waals surface area contributed by atoms with E-state index in [1.54, 1.807) is 11.3 Å². The Bertz CT molecular complexity index is 791. The SMILES string of the molecule is NC(=O)CCCCCCc1ncc(-c2ccc(-c3cccs3)cc2)[nH]1. The first-order chi connectivity index (χ1) is 12.2. The van der Waals surface area contributed by atoms with Gasteiger partial charge in [-0.3, -0.25) is 4.79 Å². The molecule has 0 aliphatic heterocycles. The van der Waals surface area contributed by atoms with E-state index in [-0.39, 0.29) is 5.91 Å². The van der Waals surface area contributed by atoms with Gasteiger partial charge in [0.1, 0.15) is 5.82 Å². The Hall–Kier alpha value is -2.40. The molecule has 0 bridgehead atoms. The number of aromatic amines is 1. The zero-order valence-corrected chi connectivity index (χ0v) is 15.0. The molecule has 0 spiro atoms. The van der Waals surface area contributed by atoms with E-state index in [1.807, 2.05) is 6.20 Å². The highest BCUT2D eigenvalue weighted by molar-refractivity contribution is 7.13. The van der Waals surface area contributed by atoms with E-state index >= 15 is 0 Å². The number of aromatic nitrogens is 2. The summed E-state index contributed by atoms with van der Waals surface area (Å²) in [6.07, 6.45) is 7.43. The minimum absolute atomic E-state index is 0.208. The van der Waals surface area contributed by atoms with Crippen LogP contribution >= 0.6 is 11.3 Å². The quantitative estimate of drug-likeness (QED) is 0.543. The molecule has 0 radical (unpaired) electrons. The predicted octanol–water partition coefficient (Wildman–Crippen LogP) is 4.78. The number of primary amides is 1. The van der Waals surface area contributed by atoms with Crippen molar-refractivity contribution in [2.75, 3.05) is 0 Å². The molecule has 0 aliphatic rings. The van der Waals surface area contributed by atoms with Gasteiger partial charge in [0, 0.05) is 17.7 Å². The predicted molar refractivity (Wildman–Crippen MR) is 103 cm³/mol. The molecule has 0 saturated carbocycles. The number of nitrogens with zero attached hydrogens (tertiary/aromatic N) is 1. The highest BCUT2D eigenvalue weighted by Crippen LogP contribution is 2.27. The smallest absolute Gasteiger partial charge is 0.217 e. The molecule has 1 amide bonds. The summed E-state index contributed by atoms with van der Waals surface area (Å²) < 4.78 is 0. The van der Waals surface area contributed by atoms with Gasteiger partial charge in [-0.15, -0.1) is 11.3 Å². The third kappa shape index (κ3) is 5.03. The zero-order valence-electron chi connectivity index (χ0n) is 14.2. The van der Waals surface area contributed by atoms with E-state index in [0.717, 1.165) is 49.2 Å². The third-order valence-electron chi connectivity index (χ3n) is 4.22. The van der Waals surface area contributed by atoms with E-state index in [0.29, 0.717) is 6.42 Å². The van der Waals surface area contributed by atoms with Gasteiger partial charge in [-0.2, -0.15) is 0 Å². The number of nitrogens with one attached hydrogen (secondary N) is 1. The van der Waals surface area contributed by atoms with Gasteiger partial charge in [-0.25, -0.2) is 4.98 Å². The second kappa shape index (κ2) is 8.62. The van der Waals surface area contributed by atoms with Crippen molar-refractivity contribution in [3.8, 4) is 21.7 Å². The molecule has 2 aromatic heterocycles. The van der Waals surface area contributed by atoms with Gasteiger partial charge in [0.2, 0.25) is 5.91 Å². The van der Waals surface area contributed by atoms with Crippen molar-refractivity contribution >= 4 is 17.2 Å². The molecule has 4 nitrogen and oxygen atoms in total. The fourth-order valence-electron chi connectivity index (χ4n) is 2.84. The number of nitrogens with two attached hydrogens (primary N) is 1. The molecule has 0 unspecified atom stereocenters. The molecule has 5 heteroatoms. The van der Waals surface area contributed by atoms with Crippen molar-refractivity contribution in [3.63, 3.8) is 0 Å². The van der Waals surface area contributed by atoms with Crippen LogP contribution < -0.4 is 5.73 Å². The van der Waals surface area contributed by atoms with Crippen LogP contribution in [0.3, 0.4) is 0 Å². The Kier molecular flexibility index (Phi) is 6.01. The number of rotatable bonds is 9. The van der Waals surface area contributed by atoms with E-state index in [4.69, 9.17) is 5.73 Å². The van der Waals surface area contributed by atoms with Gasteiger partial charge in [-0.1, -0.05) is 43.2 Å². The first kappa shape index (κ1) is 17.4. The monoisotopic (exact) mass is 353 g/mol. The Morgan fingerprint density at radius 3 is 2.52 bits per heavy atom. The average Bonchev–Trinajstić information content (AvgIpc) is 3.30. The first-order valence-electron chi connectivity index (χ1n) is 8.69. The van der Waals surface area contributed by atoms with Gasteiger partial charge >= 0.3 is 0 Å². The van der Waals surface area contributed by atoms with Crippen LogP contribution in [0.1, 0.15) is 37.9 Å². The molecule has 130 valence electrons. The summed E-state index contributed by atoms with van der Waals surface area (Å²) in [4.78, 5) is 19.9. The van der Waals surface area contributed by atoms with Crippen molar-refractivity contribution in [1.82, 2.24) is 9.97 Å². The van der Waals surface area contributed by atoms with E-state index < -0.39 is 0 Å². The highest BCUT2D eigenvalue weighted by Gasteiger charge is 2.05. The Balaban J connectivity index is 1.50. The molecule has 0 atom stereocenters. The number of hydrogen-bond donors (Lipinski definition) is 2.